The standard InChI is InChI=1S/C16H24N2O3S/c1-11-8-9-14(22-11)13(21-2)10-17-15(19)16(20)18-12-6-4-3-5-7-12/h8-9,12-13H,3-7,10H2,1-2H3,(H,17,19)(H,18,20). The molecule has 1 aliphatic carbocycles. The summed E-state index contributed by atoms with van der Waals surface area (Å²) < 4.78 is 5.39. The molecular formula is C16H24N2O3S. The van der Waals surface area contributed by atoms with Gasteiger partial charge in [-0.3, -0.25) is 9.59 Å². The van der Waals surface area contributed by atoms with Gasteiger partial charge in [0.25, 0.3) is 0 Å². The zero-order valence-corrected chi connectivity index (χ0v) is 14.0. The van der Waals surface area contributed by atoms with Gasteiger partial charge in [0.05, 0.1) is 0 Å². The molecule has 22 heavy (non-hydrogen) atoms. The summed E-state index contributed by atoms with van der Waals surface area (Å²) in [5, 5.41) is 5.48. The Morgan fingerprint density at radius 3 is 2.59 bits per heavy atom. The van der Waals surface area contributed by atoms with E-state index in [9.17, 15) is 9.59 Å². The molecule has 1 fully saturated rings. The first kappa shape index (κ1) is 17.0. The maximum Gasteiger partial charge on any atom is 0.309 e. The third-order valence-corrected chi connectivity index (χ3v) is 5.05. The number of carbonyl (C=O) groups is 2. The maximum atomic E-state index is 11.9. The quantitative estimate of drug-likeness (QED) is 0.817. The van der Waals surface area contributed by atoms with E-state index in [0.717, 1.165) is 30.6 Å². The van der Waals surface area contributed by atoms with E-state index < -0.39 is 11.8 Å². The van der Waals surface area contributed by atoms with Crippen LogP contribution in [-0.2, 0) is 14.3 Å². The molecule has 1 aliphatic rings. The summed E-state index contributed by atoms with van der Waals surface area (Å²) in [7, 11) is 1.61. The lowest BCUT2D eigenvalue weighted by Crippen LogP contribution is -2.46. The highest BCUT2D eigenvalue weighted by Gasteiger charge is 2.21. The van der Waals surface area contributed by atoms with E-state index in [0.29, 0.717) is 6.54 Å². The lowest BCUT2D eigenvalue weighted by molar-refractivity contribution is -0.140. The minimum atomic E-state index is -0.582. The van der Waals surface area contributed by atoms with Crippen molar-refractivity contribution in [2.45, 2.75) is 51.2 Å². The van der Waals surface area contributed by atoms with Crippen molar-refractivity contribution in [1.29, 1.82) is 0 Å². The van der Waals surface area contributed by atoms with E-state index in [1.54, 1.807) is 18.4 Å². The summed E-state index contributed by atoms with van der Waals surface area (Å²) in [6.45, 7) is 2.32. The van der Waals surface area contributed by atoms with Crippen LogP contribution in [0.15, 0.2) is 12.1 Å². The number of hydrogen-bond donors (Lipinski definition) is 2. The molecule has 2 rings (SSSR count). The van der Waals surface area contributed by atoms with Crippen molar-refractivity contribution in [3.05, 3.63) is 21.9 Å². The predicted molar refractivity (Wildman–Crippen MR) is 86.8 cm³/mol. The van der Waals surface area contributed by atoms with Crippen LogP contribution in [0.25, 0.3) is 0 Å². The van der Waals surface area contributed by atoms with Gasteiger partial charge in [-0.05, 0) is 31.9 Å². The lowest BCUT2D eigenvalue weighted by Gasteiger charge is -2.22. The van der Waals surface area contributed by atoms with Crippen LogP contribution in [-0.4, -0.2) is 31.5 Å². The Morgan fingerprint density at radius 1 is 1.27 bits per heavy atom. The molecule has 2 amide bonds. The predicted octanol–water partition coefficient (Wildman–Crippen LogP) is 2.31. The summed E-state index contributed by atoms with van der Waals surface area (Å²) in [5.74, 6) is -1.12. The topological polar surface area (TPSA) is 67.4 Å². The van der Waals surface area contributed by atoms with Gasteiger partial charge in [0.2, 0.25) is 0 Å². The van der Waals surface area contributed by atoms with E-state index in [1.807, 2.05) is 19.1 Å². The number of aryl methyl sites for hydroxylation is 1. The Bertz CT molecular complexity index is 509. The molecule has 1 aromatic heterocycles. The van der Waals surface area contributed by atoms with Gasteiger partial charge in [0.1, 0.15) is 6.10 Å². The molecule has 2 N–H and O–H groups in total. The van der Waals surface area contributed by atoms with E-state index in [1.165, 1.54) is 11.3 Å². The zero-order chi connectivity index (χ0) is 15.9. The number of rotatable bonds is 5. The van der Waals surface area contributed by atoms with Crippen molar-refractivity contribution >= 4 is 23.2 Å². The van der Waals surface area contributed by atoms with Crippen molar-refractivity contribution in [3.8, 4) is 0 Å². The maximum absolute atomic E-state index is 11.9. The number of carbonyl (C=O) groups excluding carboxylic acids is 2. The molecule has 1 heterocycles. The van der Waals surface area contributed by atoms with Crippen molar-refractivity contribution in [1.82, 2.24) is 10.6 Å². The fourth-order valence-corrected chi connectivity index (χ4v) is 3.65. The van der Waals surface area contributed by atoms with Crippen LogP contribution < -0.4 is 10.6 Å². The van der Waals surface area contributed by atoms with Crippen LogP contribution in [0, 0.1) is 6.92 Å². The molecule has 1 aromatic rings. The summed E-state index contributed by atoms with van der Waals surface area (Å²) in [6, 6.07) is 4.15. The number of ether oxygens (including phenoxy) is 1. The highest BCUT2D eigenvalue weighted by Crippen LogP contribution is 2.24. The van der Waals surface area contributed by atoms with Gasteiger partial charge in [-0.15, -0.1) is 11.3 Å². The minimum Gasteiger partial charge on any atom is -0.374 e. The molecule has 0 spiro atoms. The van der Waals surface area contributed by atoms with Gasteiger partial charge in [0.15, 0.2) is 0 Å². The van der Waals surface area contributed by atoms with Gasteiger partial charge < -0.3 is 15.4 Å². The number of amides is 2. The molecule has 5 nitrogen and oxygen atoms in total. The Hall–Kier alpha value is -1.40. The first-order valence-corrected chi connectivity index (χ1v) is 8.59. The molecular weight excluding hydrogens is 300 g/mol. The van der Waals surface area contributed by atoms with Gasteiger partial charge >= 0.3 is 11.8 Å². The summed E-state index contributed by atoms with van der Waals surface area (Å²) in [4.78, 5) is 26.0. The van der Waals surface area contributed by atoms with Crippen molar-refractivity contribution in [2.75, 3.05) is 13.7 Å². The molecule has 1 atom stereocenters. The highest BCUT2D eigenvalue weighted by molar-refractivity contribution is 7.12. The third-order valence-electron chi connectivity index (χ3n) is 3.96. The highest BCUT2D eigenvalue weighted by atomic mass is 32.1. The van der Waals surface area contributed by atoms with Crippen LogP contribution in [0.5, 0.6) is 0 Å². The van der Waals surface area contributed by atoms with Crippen LogP contribution in [0.3, 0.4) is 0 Å². The number of nitrogens with one attached hydrogen (secondary N) is 2. The van der Waals surface area contributed by atoms with Crippen molar-refractivity contribution in [2.24, 2.45) is 0 Å². The summed E-state index contributed by atoms with van der Waals surface area (Å²) >= 11 is 1.63. The Balaban J connectivity index is 1.79. The first-order chi connectivity index (χ1) is 10.6. The van der Waals surface area contributed by atoms with E-state index in [-0.39, 0.29) is 12.1 Å². The number of methoxy groups -OCH3 is 1. The third kappa shape index (κ3) is 4.81. The molecule has 0 saturated heterocycles. The summed E-state index contributed by atoms with van der Waals surface area (Å²) in [6.07, 6.45) is 5.17. The monoisotopic (exact) mass is 324 g/mol. The number of thiophene rings is 1. The zero-order valence-electron chi connectivity index (χ0n) is 13.2. The summed E-state index contributed by atoms with van der Waals surface area (Å²) in [5.41, 5.74) is 0. The van der Waals surface area contributed by atoms with Gasteiger partial charge in [-0.1, -0.05) is 19.3 Å². The first-order valence-electron chi connectivity index (χ1n) is 7.78. The largest absolute Gasteiger partial charge is 0.374 e. The average molecular weight is 324 g/mol. The smallest absolute Gasteiger partial charge is 0.309 e. The molecule has 122 valence electrons. The van der Waals surface area contributed by atoms with Crippen LogP contribution >= 0.6 is 11.3 Å². The molecule has 0 radical (unpaired) electrons. The van der Waals surface area contributed by atoms with Crippen LogP contribution in [0.1, 0.15) is 48.0 Å². The molecule has 0 aliphatic heterocycles. The van der Waals surface area contributed by atoms with Crippen LogP contribution in [0.2, 0.25) is 0 Å². The average Bonchev–Trinajstić information content (AvgIpc) is 2.95. The second-order valence-corrected chi connectivity index (χ2v) is 7.01. The normalized spacial score (nSPS) is 17.0. The van der Waals surface area contributed by atoms with Crippen LogP contribution in [0.4, 0.5) is 0 Å². The van der Waals surface area contributed by atoms with Gasteiger partial charge in [0, 0.05) is 29.5 Å². The minimum absolute atomic E-state index is 0.144. The van der Waals surface area contributed by atoms with E-state index in [4.69, 9.17) is 4.74 Å². The molecule has 0 bridgehead atoms. The Morgan fingerprint density at radius 2 is 2.00 bits per heavy atom. The molecule has 6 heteroatoms. The molecule has 1 saturated carbocycles. The van der Waals surface area contributed by atoms with E-state index >= 15 is 0 Å². The van der Waals surface area contributed by atoms with E-state index in [2.05, 4.69) is 10.6 Å². The molecule has 0 aromatic carbocycles. The Labute approximate surface area is 135 Å². The second kappa shape index (κ2) is 8.29. The fourth-order valence-electron chi connectivity index (χ4n) is 2.69. The fraction of sp³-hybridized carbons (Fsp3) is 0.625. The lowest BCUT2D eigenvalue weighted by atomic mass is 9.95. The second-order valence-electron chi connectivity index (χ2n) is 5.69. The molecule has 1 unspecified atom stereocenters. The van der Waals surface area contributed by atoms with Crippen molar-refractivity contribution in [3.63, 3.8) is 0 Å². The van der Waals surface area contributed by atoms with Gasteiger partial charge in [-0.2, -0.15) is 0 Å². The van der Waals surface area contributed by atoms with Crippen molar-refractivity contribution < 1.29 is 14.3 Å². The van der Waals surface area contributed by atoms with Gasteiger partial charge in [-0.25, -0.2) is 0 Å². The number of hydrogen-bond acceptors (Lipinski definition) is 4. The SMILES string of the molecule is COC(CNC(=O)C(=O)NC1CCCCC1)c1ccc(C)s1. The Kier molecular flexibility index (Phi) is 6.39.